The number of hydrogen-bond acceptors (Lipinski definition) is 4. The smallest absolute Gasteiger partial charge is 0.355 e. The van der Waals surface area contributed by atoms with Gasteiger partial charge in [0.15, 0.2) is 0 Å². The summed E-state index contributed by atoms with van der Waals surface area (Å²) in [6, 6.07) is 11.8. The Hall–Kier alpha value is -2.82. The van der Waals surface area contributed by atoms with E-state index in [4.69, 9.17) is 9.47 Å². The largest absolute Gasteiger partial charge is 0.497 e. The molecule has 0 fully saturated rings. The number of pyridine rings is 1. The molecule has 5 nitrogen and oxygen atoms in total. The Labute approximate surface area is 128 Å². The van der Waals surface area contributed by atoms with Crippen molar-refractivity contribution in [3.63, 3.8) is 0 Å². The molecule has 0 bridgehead atoms. The van der Waals surface area contributed by atoms with Crippen molar-refractivity contribution in [2.75, 3.05) is 13.7 Å². The van der Waals surface area contributed by atoms with Crippen LogP contribution in [0.15, 0.2) is 53.5 Å². The van der Waals surface area contributed by atoms with E-state index in [-0.39, 0.29) is 17.9 Å². The Balaban J connectivity index is 2.48. The summed E-state index contributed by atoms with van der Waals surface area (Å²) in [5.74, 6) is 0.165. The lowest BCUT2D eigenvalue weighted by atomic mass is 10.2. The average molecular weight is 299 g/mol. The minimum absolute atomic E-state index is 0.164. The van der Waals surface area contributed by atoms with E-state index in [0.29, 0.717) is 5.75 Å². The lowest BCUT2D eigenvalue weighted by Crippen LogP contribution is -2.22. The van der Waals surface area contributed by atoms with Crippen LogP contribution < -0.4 is 10.3 Å². The standard InChI is InChI=1S/C17H17NO4/c1-3-22-17(20)15(18-11-5-4-6-16(18)19)12-13-7-9-14(21-2)10-8-13/h4-12H,3H2,1-2H3/b15-12-. The Morgan fingerprint density at radius 1 is 1.18 bits per heavy atom. The molecule has 2 aromatic rings. The van der Waals surface area contributed by atoms with Crippen LogP contribution >= 0.6 is 0 Å². The maximum Gasteiger partial charge on any atom is 0.355 e. The summed E-state index contributed by atoms with van der Waals surface area (Å²) >= 11 is 0. The molecule has 0 N–H and O–H groups in total. The number of esters is 1. The summed E-state index contributed by atoms with van der Waals surface area (Å²) in [7, 11) is 1.58. The van der Waals surface area contributed by atoms with E-state index in [1.165, 1.54) is 16.8 Å². The van der Waals surface area contributed by atoms with E-state index >= 15 is 0 Å². The first kappa shape index (κ1) is 15.6. The van der Waals surface area contributed by atoms with E-state index in [9.17, 15) is 9.59 Å². The first-order valence-electron chi connectivity index (χ1n) is 6.86. The number of benzene rings is 1. The van der Waals surface area contributed by atoms with Crippen LogP contribution in [0.5, 0.6) is 5.75 Å². The highest BCUT2D eigenvalue weighted by atomic mass is 16.5. The third kappa shape index (κ3) is 3.63. The fraction of sp³-hybridized carbons (Fsp3) is 0.176. The van der Waals surface area contributed by atoms with Gasteiger partial charge in [-0.15, -0.1) is 0 Å². The fourth-order valence-electron chi connectivity index (χ4n) is 1.92. The van der Waals surface area contributed by atoms with Gasteiger partial charge in [-0.05, 0) is 36.8 Å². The van der Waals surface area contributed by atoms with Gasteiger partial charge in [-0.2, -0.15) is 0 Å². The van der Waals surface area contributed by atoms with Crippen molar-refractivity contribution in [3.8, 4) is 5.75 Å². The molecule has 0 amide bonds. The minimum Gasteiger partial charge on any atom is -0.497 e. The lowest BCUT2D eigenvalue weighted by molar-refractivity contribution is -0.136. The molecular formula is C17H17NO4. The van der Waals surface area contributed by atoms with Gasteiger partial charge >= 0.3 is 5.97 Å². The van der Waals surface area contributed by atoms with E-state index in [1.54, 1.807) is 56.5 Å². The monoisotopic (exact) mass is 299 g/mol. The second kappa shape index (κ2) is 7.26. The normalized spacial score (nSPS) is 11.1. The summed E-state index contributed by atoms with van der Waals surface area (Å²) in [5, 5.41) is 0. The fourth-order valence-corrected chi connectivity index (χ4v) is 1.92. The highest BCUT2D eigenvalue weighted by Crippen LogP contribution is 2.16. The Morgan fingerprint density at radius 3 is 2.50 bits per heavy atom. The zero-order chi connectivity index (χ0) is 15.9. The number of rotatable bonds is 5. The second-order valence-corrected chi connectivity index (χ2v) is 4.43. The van der Waals surface area contributed by atoms with Crippen molar-refractivity contribution in [2.24, 2.45) is 0 Å². The van der Waals surface area contributed by atoms with Gasteiger partial charge in [0, 0.05) is 12.3 Å². The third-order valence-electron chi connectivity index (χ3n) is 2.99. The maximum absolute atomic E-state index is 12.1. The lowest BCUT2D eigenvalue weighted by Gasteiger charge is -2.10. The first-order valence-corrected chi connectivity index (χ1v) is 6.86. The van der Waals surface area contributed by atoms with Gasteiger partial charge in [0.2, 0.25) is 0 Å². The van der Waals surface area contributed by atoms with E-state index in [2.05, 4.69) is 0 Å². The van der Waals surface area contributed by atoms with Crippen molar-refractivity contribution in [3.05, 3.63) is 64.6 Å². The molecule has 1 aromatic carbocycles. The molecule has 0 radical (unpaired) electrons. The number of carbonyl (C=O) groups excluding carboxylic acids is 1. The Kier molecular flexibility index (Phi) is 5.14. The Morgan fingerprint density at radius 2 is 1.91 bits per heavy atom. The number of nitrogens with zero attached hydrogens (tertiary/aromatic N) is 1. The molecule has 0 saturated heterocycles. The van der Waals surface area contributed by atoms with Gasteiger partial charge in [0.05, 0.1) is 13.7 Å². The molecule has 5 heteroatoms. The molecule has 1 heterocycles. The summed E-state index contributed by atoms with van der Waals surface area (Å²) in [6.07, 6.45) is 3.15. The van der Waals surface area contributed by atoms with Gasteiger partial charge in [0.1, 0.15) is 11.4 Å². The molecule has 0 spiro atoms. The van der Waals surface area contributed by atoms with Gasteiger partial charge in [-0.25, -0.2) is 4.79 Å². The average Bonchev–Trinajstić information content (AvgIpc) is 2.54. The molecule has 1 aromatic heterocycles. The zero-order valence-corrected chi connectivity index (χ0v) is 12.5. The van der Waals surface area contributed by atoms with Crippen LogP contribution in [-0.4, -0.2) is 24.3 Å². The van der Waals surface area contributed by atoms with Crippen LogP contribution in [0.25, 0.3) is 11.8 Å². The Bertz CT molecular complexity index is 729. The summed E-state index contributed by atoms with van der Waals surface area (Å²) in [4.78, 5) is 24.1. The number of ether oxygens (including phenoxy) is 2. The van der Waals surface area contributed by atoms with Gasteiger partial charge in [0.25, 0.3) is 5.56 Å². The van der Waals surface area contributed by atoms with Crippen molar-refractivity contribution in [2.45, 2.75) is 6.92 Å². The van der Waals surface area contributed by atoms with Crippen LogP contribution in [0.1, 0.15) is 12.5 Å². The van der Waals surface area contributed by atoms with E-state index in [1.807, 2.05) is 0 Å². The third-order valence-corrected chi connectivity index (χ3v) is 2.99. The molecule has 0 atom stereocenters. The van der Waals surface area contributed by atoms with Gasteiger partial charge in [-0.1, -0.05) is 18.2 Å². The summed E-state index contributed by atoms with van der Waals surface area (Å²) in [6.45, 7) is 1.96. The molecular weight excluding hydrogens is 282 g/mol. The highest BCUT2D eigenvalue weighted by molar-refractivity contribution is 6.15. The van der Waals surface area contributed by atoms with Crippen LogP contribution in [0, 0.1) is 0 Å². The van der Waals surface area contributed by atoms with Crippen molar-refractivity contribution < 1.29 is 14.3 Å². The molecule has 2 rings (SSSR count). The van der Waals surface area contributed by atoms with Gasteiger partial charge in [-0.3, -0.25) is 9.36 Å². The number of carbonyl (C=O) groups is 1. The molecule has 0 saturated carbocycles. The molecule has 0 aliphatic rings. The molecule has 114 valence electrons. The van der Waals surface area contributed by atoms with Crippen molar-refractivity contribution in [1.29, 1.82) is 0 Å². The van der Waals surface area contributed by atoms with Crippen molar-refractivity contribution >= 4 is 17.7 Å². The zero-order valence-electron chi connectivity index (χ0n) is 12.5. The number of hydrogen-bond donors (Lipinski definition) is 0. The summed E-state index contributed by atoms with van der Waals surface area (Å²) in [5.41, 5.74) is 0.632. The van der Waals surface area contributed by atoms with E-state index < -0.39 is 5.97 Å². The number of aromatic nitrogens is 1. The minimum atomic E-state index is -0.549. The quantitative estimate of drug-likeness (QED) is 0.628. The molecule has 22 heavy (non-hydrogen) atoms. The predicted octanol–water partition coefficient (Wildman–Crippen LogP) is 2.42. The predicted molar refractivity (Wildman–Crippen MR) is 84.5 cm³/mol. The SMILES string of the molecule is CCOC(=O)/C(=C/c1ccc(OC)cc1)n1ccccc1=O. The summed E-state index contributed by atoms with van der Waals surface area (Å²) < 4.78 is 11.4. The second-order valence-electron chi connectivity index (χ2n) is 4.43. The molecule has 0 aliphatic heterocycles. The maximum atomic E-state index is 12.1. The van der Waals surface area contributed by atoms with Gasteiger partial charge < -0.3 is 9.47 Å². The van der Waals surface area contributed by atoms with Crippen molar-refractivity contribution in [1.82, 2.24) is 4.57 Å². The topological polar surface area (TPSA) is 57.5 Å². The number of methoxy groups -OCH3 is 1. The van der Waals surface area contributed by atoms with Crippen LogP contribution in [0.2, 0.25) is 0 Å². The van der Waals surface area contributed by atoms with Crippen LogP contribution in [0.3, 0.4) is 0 Å². The van der Waals surface area contributed by atoms with Crippen LogP contribution in [-0.2, 0) is 9.53 Å². The molecule has 0 aliphatic carbocycles. The highest BCUT2D eigenvalue weighted by Gasteiger charge is 2.14. The van der Waals surface area contributed by atoms with E-state index in [0.717, 1.165) is 5.56 Å². The molecule has 0 unspecified atom stereocenters. The van der Waals surface area contributed by atoms with Crippen LogP contribution in [0.4, 0.5) is 0 Å². The first-order chi connectivity index (χ1) is 10.7.